The van der Waals surface area contributed by atoms with E-state index in [4.69, 9.17) is 9.47 Å². The summed E-state index contributed by atoms with van der Waals surface area (Å²) in [5.41, 5.74) is 0. The van der Waals surface area contributed by atoms with Crippen LogP contribution in [0.2, 0.25) is 0 Å². The third-order valence-electron chi connectivity index (χ3n) is 4.49. The van der Waals surface area contributed by atoms with Gasteiger partial charge in [-0.2, -0.15) is 0 Å². The molecule has 2 aliphatic rings. The van der Waals surface area contributed by atoms with Crippen molar-refractivity contribution < 1.29 is 24.2 Å². The quantitative estimate of drug-likeness (QED) is 0.884. The molecule has 0 radical (unpaired) electrons. The molecule has 0 unspecified atom stereocenters. The molecule has 1 aromatic carbocycles. The maximum atomic E-state index is 12.3. The van der Waals surface area contributed by atoms with Gasteiger partial charge >= 0.3 is 5.97 Å². The zero-order valence-electron chi connectivity index (χ0n) is 12.9. The Morgan fingerprint density at radius 2 is 1.83 bits per heavy atom. The Kier molecular flexibility index (Phi) is 4.69. The summed E-state index contributed by atoms with van der Waals surface area (Å²) in [6.07, 6.45) is 2.72. The Balaban J connectivity index is 1.54. The van der Waals surface area contributed by atoms with Crippen molar-refractivity contribution in [3.05, 3.63) is 24.3 Å². The molecule has 3 rings (SSSR count). The standard InChI is InChI=1S/C17H21NO5/c19-16(12-5-1-2-6-13(12)17(20)21)18-9-11-10-22-14-7-3-4-8-15(14)23-11/h3-4,7-8,11-13H,1-2,5-6,9-10H2,(H,18,19)(H,20,21)/t11-,12-,13+/m1/s1. The van der Waals surface area contributed by atoms with E-state index in [0.29, 0.717) is 37.5 Å². The summed E-state index contributed by atoms with van der Waals surface area (Å²) in [5, 5.41) is 12.1. The molecule has 3 atom stereocenters. The van der Waals surface area contributed by atoms with Crippen molar-refractivity contribution >= 4 is 11.9 Å². The first-order valence-corrected chi connectivity index (χ1v) is 8.04. The number of carbonyl (C=O) groups is 2. The topological polar surface area (TPSA) is 84.9 Å². The molecule has 2 N–H and O–H groups in total. The Hall–Kier alpha value is -2.24. The van der Waals surface area contributed by atoms with Crippen LogP contribution in [0.4, 0.5) is 0 Å². The largest absolute Gasteiger partial charge is 0.486 e. The van der Waals surface area contributed by atoms with E-state index in [1.54, 1.807) is 0 Å². The third kappa shape index (κ3) is 3.57. The molecule has 1 amide bonds. The number of para-hydroxylation sites is 2. The Labute approximate surface area is 134 Å². The predicted octanol–water partition coefficient (Wildman–Crippen LogP) is 1.83. The number of amides is 1. The van der Waals surface area contributed by atoms with Crippen LogP contribution in [0, 0.1) is 11.8 Å². The average Bonchev–Trinajstić information content (AvgIpc) is 2.59. The molecule has 6 nitrogen and oxygen atoms in total. The fourth-order valence-electron chi connectivity index (χ4n) is 3.25. The fraction of sp³-hybridized carbons (Fsp3) is 0.529. The van der Waals surface area contributed by atoms with Crippen molar-refractivity contribution in [2.45, 2.75) is 31.8 Å². The summed E-state index contributed by atoms with van der Waals surface area (Å²) in [7, 11) is 0. The van der Waals surface area contributed by atoms with Gasteiger partial charge in [0.2, 0.25) is 5.91 Å². The number of nitrogens with one attached hydrogen (secondary N) is 1. The number of rotatable bonds is 4. The van der Waals surface area contributed by atoms with Crippen molar-refractivity contribution in [1.29, 1.82) is 0 Å². The van der Waals surface area contributed by atoms with Gasteiger partial charge in [0.05, 0.1) is 18.4 Å². The van der Waals surface area contributed by atoms with Crippen LogP contribution in [0.3, 0.4) is 0 Å². The number of carboxylic acid groups (broad SMARTS) is 1. The van der Waals surface area contributed by atoms with Crippen LogP contribution >= 0.6 is 0 Å². The molecule has 6 heteroatoms. The predicted molar refractivity (Wildman–Crippen MR) is 82.4 cm³/mol. The van der Waals surface area contributed by atoms with E-state index in [0.717, 1.165) is 12.8 Å². The zero-order chi connectivity index (χ0) is 16.2. The molecule has 1 aliphatic heterocycles. The summed E-state index contributed by atoms with van der Waals surface area (Å²) in [5.74, 6) is -0.728. The second kappa shape index (κ2) is 6.89. The summed E-state index contributed by atoms with van der Waals surface area (Å²) in [6, 6.07) is 7.40. The zero-order valence-corrected chi connectivity index (χ0v) is 12.9. The van der Waals surface area contributed by atoms with Crippen LogP contribution in [0.25, 0.3) is 0 Å². The normalized spacial score (nSPS) is 26.3. The molecule has 124 valence electrons. The lowest BCUT2D eigenvalue weighted by molar-refractivity contribution is -0.149. The lowest BCUT2D eigenvalue weighted by Gasteiger charge is -2.29. The highest BCUT2D eigenvalue weighted by Crippen LogP contribution is 2.32. The van der Waals surface area contributed by atoms with Crippen molar-refractivity contribution in [1.82, 2.24) is 5.32 Å². The maximum absolute atomic E-state index is 12.3. The van der Waals surface area contributed by atoms with E-state index in [2.05, 4.69) is 5.32 Å². The summed E-state index contributed by atoms with van der Waals surface area (Å²) < 4.78 is 11.4. The van der Waals surface area contributed by atoms with E-state index in [9.17, 15) is 14.7 Å². The smallest absolute Gasteiger partial charge is 0.307 e. The van der Waals surface area contributed by atoms with Crippen molar-refractivity contribution in [3.63, 3.8) is 0 Å². The molecule has 0 spiro atoms. The minimum Gasteiger partial charge on any atom is -0.486 e. The third-order valence-corrected chi connectivity index (χ3v) is 4.49. The molecule has 1 heterocycles. The highest BCUT2D eigenvalue weighted by molar-refractivity contribution is 5.84. The van der Waals surface area contributed by atoms with Gasteiger partial charge in [-0.3, -0.25) is 9.59 Å². The fourth-order valence-corrected chi connectivity index (χ4v) is 3.25. The SMILES string of the molecule is O=C(O)[C@H]1CCCC[C@H]1C(=O)NC[C@@H]1COc2ccccc2O1. The van der Waals surface area contributed by atoms with Gasteiger partial charge in [0.1, 0.15) is 12.7 Å². The van der Waals surface area contributed by atoms with Gasteiger partial charge < -0.3 is 19.9 Å². The molecule has 0 saturated heterocycles. The molecule has 1 aromatic rings. The van der Waals surface area contributed by atoms with Gasteiger partial charge in [-0.05, 0) is 25.0 Å². The Morgan fingerprint density at radius 3 is 2.57 bits per heavy atom. The van der Waals surface area contributed by atoms with Gasteiger partial charge in [-0.1, -0.05) is 25.0 Å². The van der Waals surface area contributed by atoms with Crippen molar-refractivity contribution in [2.75, 3.05) is 13.2 Å². The molecular formula is C17H21NO5. The number of ether oxygens (including phenoxy) is 2. The van der Waals surface area contributed by atoms with E-state index >= 15 is 0 Å². The Morgan fingerprint density at radius 1 is 1.13 bits per heavy atom. The van der Waals surface area contributed by atoms with Crippen LogP contribution in [0.5, 0.6) is 11.5 Å². The number of hydrogen-bond acceptors (Lipinski definition) is 4. The Bertz CT molecular complexity index is 588. The molecule has 1 aliphatic carbocycles. The van der Waals surface area contributed by atoms with E-state index in [-0.39, 0.29) is 12.0 Å². The first-order chi connectivity index (χ1) is 11.1. The molecule has 1 fully saturated rings. The van der Waals surface area contributed by atoms with Gasteiger partial charge in [0.25, 0.3) is 0 Å². The van der Waals surface area contributed by atoms with Gasteiger partial charge in [-0.15, -0.1) is 0 Å². The molecule has 0 bridgehead atoms. The molecule has 23 heavy (non-hydrogen) atoms. The van der Waals surface area contributed by atoms with Crippen molar-refractivity contribution in [2.24, 2.45) is 11.8 Å². The van der Waals surface area contributed by atoms with Gasteiger partial charge in [0, 0.05) is 0 Å². The van der Waals surface area contributed by atoms with Crippen molar-refractivity contribution in [3.8, 4) is 11.5 Å². The van der Waals surface area contributed by atoms with Crippen LogP contribution < -0.4 is 14.8 Å². The number of aliphatic carboxylic acids is 1. The number of hydrogen-bond donors (Lipinski definition) is 2. The first kappa shape index (κ1) is 15.6. The summed E-state index contributed by atoms with van der Waals surface area (Å²) in [4.78, 5) is 23.6. The number of benzene rings is 1. The summed E-state index contributed by atoms with van der Waals surface area (Å²) in [6.45, 7) is 0.681. The van der Waals surface area contributed by atoms with E-state index < -0.39 is 17.8 Å². The van der Waals surface area contributed by atoms with Gasteiger partial charge in [0.15, 0.2) is 11.5 Å². The molecule has 0 aromatic heterocycles. The highest BCUT2D eigenvalue weighted by Gasteiger charge is 2.36. The first-order valence-electron chi connectivity index (χ1n) is 8.04. The molecular weight excluding hydrogens is 298 g/mol. The monoisotopic (exact) mass is 319 g/mol. The van der Waals surface area contributed by atoms with E-state index in [1.807, 2.05) is 24.3 Å². The average molecular weight is 319 g/mol. The lowest BCUT2D eigenvalue weighted by Crippen LogP contribution is -2.45. The minimum absolute atomic E-state index is 0.195. The molecule has 1 saturated carbocycles. The minimum atomic E-state index is -0.879. The van der Waals surface area contributed by atoms with Crippen LogP contribution in [0.1, 0.15) is 25.7 Å². The second-order valence-electron chi connectivity index (χ2n) is 6.08. The van der Waals surface area contributed by atoms with Crippen LogP contribution in [-0.2, 0) is 9.59 Å². The summed E-state index contributed by atoms with van der Waals surface area (Å²) >= 11 is 0. The van der Waals surface area contributed by atoms with Crippen LogP contribution in [0.15, 0.2) is 24.3 Å². The maximum Gasteiger partial charge on any atom is 0.307 e. The number of fused-ring (bicyclic) bond motifs is 1. The number of carboxylic acids is 1. The van der Waals surface area contributed by atoms with Gasteiger partial charge in [-0.25, -0.2) is 0 Å². The second-order valence-corrected chi connectivity index (χ2v) is 6.08. The van der Waals surface area contributed by atoms with Crippen LogP contribution in [-0.4, -0.2) is 36.2 Å². The number of carbonyl (C=O) groups excluding carboxylic acids is 1. The van der Waals surface area contributed by atoms with E-state index in [1.165, 1.54) is 0 Å². The highest BCUT2D eigenvalue weighted by atomic mass is 16.6. The lowest BCUT2D eigenvalue weighted by atomic mass is 9.78.